The number of benzene rings is 2. The second-order valence-corrected chi connectivity index (χ2v) is 10.6. The molecule has 2 heterocycles. The van der Waals surface area contributed by atoms with Crippen LogP contribution in [0, 0.1) is 24.2 Å². The summed E-state index contributed by atoms with van der Waals surface area (Å²) in [4.78, 5) is 26.9. The third-order valence-electron chi connectivity index (χ3n) is 5.92. The summed E-state index contributed by atoms with van der Waals surface area (Å²) in [6.07, 6.45) is 0. The standard InChI is InChI=1S/C27H26N4O3S2/c1-17-9-6-7-12-20(17)30-25(33)24-23(21-13-8-14-35-21)19(15-28)26(31-27(24,2)34)36-16-22(32)29-18-10-4-3-5-11-18/h3-14,23-24,31,34H,16H2,1-2H3,(H,29,32)(H,30,33)/t23-,24+,27-/m1/s1. The van der Waals surface area contributed by atoms with Crippen LogP contribution in [0.5, 0.6) is 0 Å². The van der Waals surface area contributed by atoms with E-state index in [0.717, 1.165) is 22.2 Å². The number of aliphatic hydroxyl groups is 1. The van der Waals surface area contributed by atoms with Crippen molar-refractivity contribution in [1.82, 2.24) is 5.32 Å². The Morgan fingerprint density at radius 3 is 2.50 bits per heavy atom. The van der Waals surface area contributed by atoms with Gasteiger partial charge in [-0.25, -0.2) is 0 Å². The van der Waals surface area contributed by atoms with Gasteiger partial charge < -0.3 is 21.1 Å². The molecule has 7 nitrogen and oxygen atoms in total. The van der Waals surface area contributed by atoms with Crippen molar-refractivity contribution < 1.29 is 14.7 Å². The van der Waals surface area contributed by atoms with Crippen molar-refractivity contribution in [3.8, 4) is 6.07 Å². The second kappa shape index (κ2) is 11.0. The third-order valence-corrected chi connectivity index (χ3v) is 7.89. The van der Waals surface area contributed by atoms with Gasteiger partial charge in [0.1, 0.15) is 5.72 Å². The molecular weight excluding hydrogens is 492 g/mol. The van der Waals surface area contributed by atoms with E-state index < -0.39 is 23.5 Å². The van der Waals surface area contributed by atoms with Gasteiger partial charge >= 0.3 is 0 Å². The van der Waals surface area contributed by atoms with Gasteiger partial charge in [-0.15, -0.1) is 11.3 Å². The normalized spacial score (nSPS) is 21.3. The molecule has 1 aromatic heterocycles. The first kappa shape index (κ1) is 25.5. The van der Waals surface area contributed by atoms with Crippen LogP contribution < -0.4 is 16.0 Å². The van der Waals surface area contributed by atoms with E-state index in [1.54, 1.807) is 18.2 Å². The minimum atomic E-state index is -1.68. The molecule has 0 spiro atoms. The Morgan fingerprint density at radius 2 is 1.83 bits per heavy atom. The first-order valence-corrected chi connectivity index (χ1v) is 13.2. The van der Waals surface area contributed by atoms with Gasteiger partial charge in [0.15, 0.2) is 0 Å². The number of nitrogens with zero attached hydrogens (tertiary/aromatic N) is 1. The van der Waals surface area contributed by atoms with Crippen molar-refractivity contribution in [3.63, 3.8) is 0 Å². The summed E-state index contributed by atoms with van der Waals surface area (Å²) in [7, 11) is 0. The number of hydrogen-bond donors (Lipinski definition) is 4. The van der Waals surface area contributed by atoms with Crippen LogP contribution in [-0.4, -0.2) is 28.4 Å². The molecule has 0 radical (unpaired) electrons. The molecule has 0 unspecified atom stereocenters. The predicted molar refractivity (Wildman–Crippen MR) is 144 cm³/mol. The number of nitriles is 1. The van der Waals surface area contributed by atoms with Gasteiger partial charge in [-0.3, -0.25) is 9.59 Å². The molecule has 4 N–H and O–H groups in total. The monoisotopic (exact) mass is 518 g/mol. The van der Waals surface area contributed by atoms with Gasteiger partial charge in [0.25, 0.3) is 0 Å². The molecule has 1 aliphatic rings. The minimum absolute atomic E-state index is 0.0235. The summed E-state index contributed by atoms with van der Waals surface area (Å²) in [6, 6.07) is 22.4. The van der Waals surface area contributed by atoms with Gasteiger partial charge in [0.2, 0.25) is 11.8 Å². The maximum Gasteiger partial charge on any atom is 0.234 e. The SMILES string of the molecule is Cc1ccccc1NC(=O)[C@@H]1[C@@H](c2cccs2)C(C#N)=C(SCC(=O)Nc2ccccc2)N[C@]1(C)O. The summed E-state index contributed by atoms with van der Waals surface area (Å²) in [5.74, 6) is -2.30. The molecule has 0 aliphatic carbocycles. The van der Waals surface area contributed by atoms with Gasteiger partial charge in [-0.1, -0.05) is 54.2 Å². The topological polar surface area (TPSA) is 114 Å². The van der Waals surface area contributed by atoms with Crippen LogP contribution in [0.2, 0.25) is 0 Å². The second-order valence-electron chi connectivity index (χ2n) is 8.60. The van der Waals surface area contributed by atoms with Crippen LogP contribution in [0.25, 0.3) is 0 Å². The van der Waals surface area contributed by atoms with Gasteiger partial charge in [-0.2, -0.15) is 5.26 Å². The highest BCUT2D eigenvalue weighted by Gasteiger charge is 2.50. The fourth-order valence-corrected chi connectivity index (χ4v) is 6.03. The number of carbonyl (C=O) groups is 2. The Morgan fingerprint density at radius 1 is 1.11 bits per heavy atom. The Hall–Kier alpha value is -3.58. The summed E-state index contributed by atoms with van der Waals surface area (Å²) in [5, 5.41) is 32.6. The summed E-state index contributed by atoms with van der Waals surface area (Å²) in [5.41, 5.74) is 0.833. The number of carbonyl (C=O) groups excluding carboxylic acids is 2. The summed E-state index contributed by atoms with van der Waals surface area (Å²) < 4.78 is 0. The van der Waals surface area contributed by atoms with Crippen LogP contribution in [0.3, 0.4) is 0 Å². The lowest BCUT2D eigenvalue weighted by Gasteiger charge is -2.43. The third kappa shape index (κ3) is 5.62. The molecule has 0 saturated heterocycles. The predicted octanol–water partition coefficient (Wildman–Crippen LogP) is 4.81. The van der Waals surface area contributed by atoms with Crippen molar-refractivity contribution in [2.45, 2.75) is 25.5 Å². The fraction of sp³-hybridized carbons (Fsp3) is 0.222. The maximum absolute atomic E-state index is 13.6. The number of amides is 2. The molecule has 1 aliphatic heterocycles. The summed E-state index contributed by atoms with van der Waals surface area (Å²) in [6.45, 7) is 3.41. The number of nitrogens with one attached hydrogen (secondary N) is 3. The molecule has 9 heteroatoms. The van der Waals surface area contributed by atoms with Crippen LogP contribution in [0.15, 0.2) is 82.7 Å². The van der Waals surface area contributed by atoms with Crippen LogP contribution >= 0.6 is 23.1 Å². The lowest BCUT2D eigenvalue weighted by atomic mass is 9.76. The van der Waals surface area contributed by atoms with Crippen molar-refractivity contribution in [2.24, 2.45) is 5.92 Å². The highest BCUT2D eigenvalue weighted by atomic mass is 32.2. The Labute approximate surface area is 218 Å². The quantitative estimate of drug-likeness (QED) is 0.357. The molecule has 36 heavy (non-hydrogen) atoms. The van der Waals surface area contributed by atoms with Crippen LogP contribution in [0.1, 0.15) is 23.3 Å². The van der Waals surface area contributed by atoms with E-state index in [9.17, 15) is 20.0 Å². The van der Waals surface area contributed by atoms with E-state index in [-0.39, 0.29) is 11.7 Å². The van der Waals surface area contributed by atoms with E-state index in [4.69, 9.17) is 0 Å². The first-order chi connectivity index (χ1) is 17.3. The average Bonchev–Trinajstić information content (AvgIpc) is 3.38. The zero-order valence-electron chi connectivity index (χ0n) is 19.8. The lowest BCUT2D eigenvalue weighted by molar-refractivity contribution is -0.131. The van der Waals surface area contributed by atoms with Gasteiger partial charge in [-0.05, 0) is 49.1 Å². The number of allylic oxidation sites excluding steroid dienone is 1. The molecular formula is C27H26N4O3S2. The Balaban J connectivity index is 1.63. The number of anilines is 2. The van der Waals surface area contributed by atoms with Crippen molar-refractivity contribution in [3.05, 3.63) is 93.2 Å². The summed E-state index contributed by atoms with van der Waals surface area (Å²) >= 11 is 2.54. The number of hydrogen-bond acceptors (Lipinski definition) is 7. The van der Waals surface area contributed by atoms with Crippen molar-refractivity contribution in [1.29, 1.82) is 5.26 Å². The smallest absolute Gasteiger partial charge is 0.234 e. The number of aryl methyl sites for hydroxylation is 1. The van der Waals surface area contributed by atoms with E-state index in [0.29, 0.717) is 22.0 Å². The van der Waals surface area contributed by atoms with Crippen LogP contribution in [-0.2, 0) is 9.59 Å². The molecule has 3 atom stereocenters. The number of rotatable bonds is 7. The van der Waals surface area contributed by atoms with E-state index in [2.05, 4.69) is 22.0 Å². The maximum atomic E-state index is 13.6. The van der Waals surface area contributed by atoms with Gasteiger partial charge in [0, 0.05) is 22.2 Å². The van der Waals surface area contributed by atoms with Crippen LogP contribution in [0.4, 0.5) is 11.4 Å². The highest BCUT2D eigenvalue weighted by molar-refractivity contribution is 8.03. The molecule has 3 aromatic rings. The molecule has 0 bridgehead atoms. The zero-order chi connectivity index (χ0) is 25.7. The van der Waals surface area contributed by atoms with Crippen molar-refractivity contribution in [2.75, 3.05) is 16.4 Å². The molecule has 4 rings (SSSR count). The van der Waals surface area contributed by atoms with E-state index in [1.165, 1.54) is 18.3 Å². The molecule has 0 saturated carbocycles. The minimum Gasteiger partial charge on any atom is -0.370 e. The van der Waals surface area contributed by atoms with E-state index in [1.807, 2.05) is 60.8 Å². The number of thioether (sulfide) groups is 1. The average molecular weight is 519 g/mol. The fourth-order valence-electron chi connectivity index (χ4n) is 4.20. The molecule has 184 valence electrons. The first-order valence-electron chi connectivity index (χ1n) is 11.3. The van der Waals surface area contributed by atoms with Gasteiger partial charge in [0.05, 0.1) is 28.3 Å². The Kier molecular flexibility index (Phi) is 7.79. The van der Waals surface area contributed by atoms with E-state index >= 15 is 0 Å². The number of para-hydroxylation sites is 2. The Bertz CT molecular complexity index is 1310. The highest BCUT2D eigenvalue weighted by Crippen LogP contribution is 2.46. The largest absolute Gasteiger partial charge is 0.370 e. The van der Waals surface area contributed by atoms with Crippen molar-refractivity contribution >= 4 is 46.3 Å². The number of thiophene rings is 1. The molecule has 2 aromatic carbocycles. The molecule has 0 fully saturated rings. The lowest BCUT2D eigenvalue weighted by Crippen LogP contribution is -2.57. The zero-order valence-corrected chi connectivity index (χ0v) is 21.5. The molecule has 2 amide bonds.